The van der Waals surface area contributed by atoms with E-state index in [4.69, 9.17) is 4.74 Å². The summed E-state index contributed by atoms with van der Waals surface area (Å²) in [6.07, 6.45) is 3.24. The molecule has 1 fully saturated rings. The van der Waals surface area contributed by atoms with Gasteiger partial charge < -0.3 is 4.74 Å². The number of Topliss-reactive ketones (excluding diaryl/α,β-unsaturated/α-hetero) is 1. The Hall–Kier alpha value is -1.53. The quantitative estimate of drug-likeness (QED) is 0.865. The molecule has 2 aromatic heterocycles. The van der Waals surface area contributed by atoms with Crippen LogP contribution < -0.4 is 5.56 Å². The Bertz CT molecular complexity index is 698. The molecule has 20 heavy (non-hydrogen) atoms. The molecule has 1 saturated heterocycles. The molecule has 2 aromatic rings. The van der Waals surface area contributed by atoms with E-state index in [0.29, 0.717) is 11.3 Å². The van der Waals surface area contributed by atoms with E-state index < -0.39 is 0 Å². The molecule has 3 heterocycles. The number of hydrogen-bond donors (Lipinski definition) is 0. The lowest BCUT2D eigenvalue weighted by Gasteiger charge is -2.20. The van der Waals surface area contributed by atoms with Gasteiger partial charge in [-0.1, -0.05) is 0 Å². The number of ether oxygens (including phenoxy) is 1. The molecule has 0 spiro atoms. The third-order valence-corrected chi connectivity index (χ3v) is 4.74. The van der Waals surface area contributed by atoms with Crippen molar-refractivity contribution in [3.05, 3.63) is 27.6 Å². The van der Waals surface area contributed by atoms with E-state index in [1.807, 2.05) is 12.3 Å². The Morgan fingerprint density at radius 1 is 1.60 bits per heavy atom. The van der Waals surface area contributed by atoms with E-state index in [1.165, 1.54) is 22.2 Å². The summed E-state index contributed by atoms with van der Waals surface area (Å²) in [7, 11) is 0. The minimum atomic E-state index is -0.127. The summed E-state index contributed by atoms with van der Waals surface area (Å²) in [4.78, 5) is 28.8. The number of aryl methyl sites for hydroxylation is 1. The van der Waals surface area contributed by atoms with Gasteiger partial charge in [-0.25, -0.2) is 4.98 Å². The number of thiophene rings is 1. The summed E-state index contributed by atoms with van der Waals surface area (Å²) in [5.41, 5.74) is 1.61. The van der Waals surface area contributed by atoms with E-state index in [-0.39, 0.29) is 23.8 Å². The predicted octanol–water partition coefficient (Wildman–Crippen LogP) is 1.76. The fourth-order valence-corrected chi connectivity index (χ4v) is 3.41. The molecular weight excluding hydrogens is 276 g/mol. The summed E-state index contributed by atoms with van der Waals surface area (Å²) >= 11 is 1.39. The summed E-state index contributed by atoms with van der Waals surface area (Å²) in [5.74, 6) is -0.0300. The van der Waals surface area contributed by atoms with Crippen molar-refractivity contribution >= 4 is 27.3 Å². The van der Waals surface area contributed by atoms with E-state index in [9.17, 15) is 9.59 Å². The zero-order valence-corrected chi connectivity index (χ0v) is 12.1. The van der Waals surface area contributed by atoms with Gasteiger partial charge in [0, 0.05) is 12.5 Å². The summed E-state index contributed by atoms with van der Waals surface area (Å²) < 4.78 is 7.36. The van der Waals surface area contributed by atoms with Crippen LogP contribution in [0.4, 0.5) is 0 Å². The van der Waals surface area contributed by atoms with Crippen LogP contribution in [0.25, 0.3) is 10.2 Å². The monoisotopic (exact) mass is 292 g/mol. The van der Waals surface area contributed by atoms with Crippen molar-refractivity contribution in [1.29, 1.82) is 0 Å². The summed E-state index contributed by atoms with van der Waals surface area (Å²) in [5, 5.41) is 1.92. The lowest BCUT2D eigenvalue weighted by atomic mass is 9.97. The lowest BCUT2D eigenvalue weighted by molar-refractivity contribution is -0.127. The molecule has 6 heteroatoms. The van der Waals surface area contributed by atoms with Gasteiger partial charge in [-0.3, -0.25) is 14.2 Å². The summed E-state index contributed by atoms with van der Waals surface area (Å²) in [6, 6.07) is 0. The van der Waals surface area contributed by atoms with Crippen LogP contribution in [-0.2, 0) is 16.1 Å². The predicted molar refractivity (Wildman–Crippen MR) is 77.2 cm³/mol. The maximum atomic E-state index is 12.3. The van der Waals surface area contributed by atoms with Gasteiger partial charge in [0.25, 0.3) is 5.56 Å². The number of nitrogens with zero attached hydrogens (tertiary/aromatic N) is 2. The first-order valence-corrected chi connectivity index (χ1v) is 7.58. The first kappa shape index (κ1) is 13.5. The Balaban J connectivity index is 1.85. The number of carbonyl (C=O) groups excluding carboxylic acids is 1. The van der Waals surface area contributed by atoms with Crippen LogP contribution in [0.5, 0.6) is 0 Å². The number of hydrogen-bond acceptors (Lipinski definition) is 5. The summed E-state index contributed by atoms with van der Waals surface area (Å²) in [6.45, 7) is 3.22. The first-order chi connectivity index (χ1) is 9.66. The molecular formula is C14H16N2O3S. The fourth-order valence-electron chi connectivity index (χ4n) is 2.46. The second kappa shape index (κ2) is 5.46. The van der Waals surface area contributed by atoms with Crippen molar-refractivity contribution in [2.45, 2.75) is 26.3 Å². The second-order valence-corrected chi connectivity index (χ2v) is 6.03. The molecule has 0 aliphatic carbocycles. The Morgan fingerprint density at radius 3 is 3.20 bits per heavy atom. The minimum absolute atomic E-state index is 0.0567. The smallest absolute Gasteiger partial charge is 0.271 e. The van der Waals surface area contributed by atoms with Crippen LogP contribution in [0, 0.1) is 12.8 Å². The van der Waals surface area contributed by atoms with Gasteiger partial charge in [-0.15, -0.1) is 11.3 Å². The van der Waals surface area contributed by atoms with Crippen molar-refractivity contribution in [3.8, 4) is 0 Å². The lowest BCUT2D eigenvalue weighted by Crippen LogP contribution is -2.31. The number of rotatable bonds is 3. The second-order valence-electron chi connectivity index (χ2n) is 5.15. The first-order valence-electron chi connectivity index (χ1n) is 6.70. The van der Waals surface area contributed by atoms with Crippen LogP contribution in [0.2, 0.25) is 0 Å². The van der Waals surface area contributed by atoms with E-state index in [0.717, 1.165) is 30.5 Å². The van der Waals surface area contributed by atoms with Gasteiger partial charge in [0.05, 0.1) is 25.0 Å². The van der Waals surface area contributed by atoms with Gasteiger partial charge in [-0.05, 0) is 30.7 Å². The normalized spacial score (nSPS) is 19.4. The molecule has 0 radical (unpaired) electrons. The standard InChI is InChI=1S/C14H16N2O3S/c1-9-7-20-13-12(9)15-8-16(14(13)18)5-11(17)10-3-2-4-19-6-10/h7-8,10H,2-6H2,1H3. The molecule has 106 valence electrons. The molecule has 5 nitrogen and oxygen atoms in total. The van der Waals surface area contributed by atoms with Crippen molar-refractivity contribution in [3.63, 3.8) is 0 Å². The van der Waals surface area contributed by atoms with Crippen molar-refractivity contribution in [2.24, 2.45) is 5.92 Å². The molecule has 0 bridgehead atoms. The highest BCUT2D eigenvalue weighted by molar-refractivity contribution is 7.17. The number of ketones is 1. The number of fused-ring (bicyclic) bond motifs is 1. The zero-order chi connectivity index (χ0) is 14.1. The average molecular weight is 292 g/mol. The minimum Gasteiger partial charge on any atom is -0.381 e. The molecule has 3 rings (SSSR count). The molecule has 1 unspecified atom stereocenters. The Kier molecular flexibility index (Phi) is 3.67. The fraction of sp³-hybridized carbons (Fsp3) is 0.500. The average Bonchev–Trinajstić information content (AvgIpc) is 2.85. The zero-order valence-electron chi connectivity index (χ0n) is 11.3. The molecule has 0 aromatic carbocycles. The largest absolute Gasteiger partial charge is 0.381 e. The van der Waals surface area contributed by atoms with Crippen LogP contribution in [-0.4, -0.2) is 28.5 Å². The van der Waals surface area contributed by atoms with E-state index >= 15 is 0 Å². The Morgan fingerprint density at radius 2 is 2.45 bits per heavy atom. The molecule has 1 aliphatic rings. The maximum absolute atomic E-state index is 12.3. The highest BCUT2D eigenvalue weighted by atomic mass is 32.1. The van der Waals surface area contributed by atoms with Gasteiger partial charge in [0.2, 0.25) is 0 Å². The highest BCUT2D eigenvalue weighted by Crippen LogP contribution is 2.20. The topological polar surface area (TPSA) is 61.2 Å². The third-order valence-electron chi connectivity index (χ3n) is 3.67. The number of carbonyl (C=O) groups is 1. The molecule has 1 atom stereocenters. The van der Waals surface area contributed by atoms with Crippen LogP contribution in [0.15, 0.2) is 16.5 Å². The third kappa shape index (κ3) is 2.41. The maximum Gasteiger partial charge on any atom is 0.271 e. The van der Waals surface area contributed by atoms with Crippen LogP contribution in [0.1, 0.15) is 18.4 Å². The molecule has 0 saturated carbocycles. The molecule has 1 aliphatic heterocycles. The molecule has 0 amide bonds. The van der Waals surface area contributed by atoms with Gasteiger partial charge in [0.15, 0.2) is 5.78 Å². The van der Waals surface area contributed by atoms with Gasteiger partial charge >= 0.3 is 0 Å². The van der Waals surface area contributed by atoms with Gasteiger partial charge in [0.1, 0.15) is 4.70 Å². The Labute approximate surface area is 120 Å². The molecule has 0 N–H and O–H groups in total. The van der Waals surface area contributed by atoms with E-state index in [1.54, 1.807) is 0 Å². The highest BCUT2D eigenvalue weighted by Gasteiger charge is 2.22. The van der Waals surface area contributed by atoms with E-state index in [2.05, 4.69) is 4.98 Å². The van der Waals surface area contributed by atoms with Crippen LogP contribution >= 0.6 is 11.3 Å². The van der Waals surface area contributed by atoms with Crippen molar-refractivity contribution < 1.29 is 9.53 Å². The number of aromatic nitrogens is 2. The SMILES string of the molecule is Cc1csc2c(=O)n(CC(=O)C3CCCOC3)cnc12. The van der Waals surface area contributed by atoms with Gasteiger partial charge in [-0.2, -0.15) is 0 Å². The van der Waals surface area contributed by atoms with Crippen molar-refractivity contribution in [1.82, 2.24) is 9.55 Å². The van der Waals surface area contributed by atoms with Crippen molar-refractivity contribution in [2.75, 3.05) is 13.2 Å². The van der Waals surface area contributed by atoms with Crippen LogP contribution in [0.3, 0.4) is 0 Å².